The minimum Gasteiger partial charge on any atom is -0.497 e. The van der Waals surface area contributed by atoms with Gasteiger partial charge in [0.15, 0.2) is 6.61 Å². The summed E-state index contributed by atoms with van der Waals surface area (Å²) in [5.41, 5.74) is -0.996. The van der Waals surface area contributed by atoms with Crippen LogP contribution in [0.5, 0.6) is 5.75 Å². The van der Waals surface area contributed by atoms with E-state index in [-0.39, 0.29) is 11.3 Å². The maximum atomic E-state index is 12.8. The fraction of sp³-hybridized carbons (Fsp3) is 0.176. The van der Waals surface area contributed by atoms with E-state index in [0.29, 0.717) is 11.8 Å². The molecule has 9 heteroatoms. The maximum absolute atomic E-state index is 12.8. The molecule has 2 rings (SSSR count). The van der Waals surface area contributed by atoms with Crippen LogP contribution in [0.25, 0.3) is 0 Å². The molecule has 138 valence electrons. The number of benzene rings is 2. The van der Waals surface area contributed by atoms with Crippen LogP contribution in [0.1, 0.15) is 15.9 Å². The second-order valence-electron chi connectivity index (χ2n) is 5.05. The molecule has 0 aliphatic carbocycles. The van der Waals surface area contributed by atoms with Gasteiger partial charge in [-0.05, 0) is 42.5 Å². The number of nitrogens with one attached hydrogen (secondary N) is 1. The van der Waals surface area contributed by atoms with Crippen molar-refractivity contribution >= 4 is 29.2 Å². The van der Waals surface area contributed by atoms with E-state index in [1.54, 1.807) is 12.1 Å². The van der Waals surface area contributed by atoms with Gasteiger partial charge in [0.2, 0.25) is 0 Å². The number of anilines is 1. The molecular weight excluding hydrogens is 375 g/mol. The number of carbonyl (C=O) groups excluding carboxylic acids is 2. The molecule has 5 nitrogen and oxygen atoms in total. The van der Waals surface area contributed by atoms with Crippen LogP contribution >= 0.6 is 11.6 Å². The smallest absolute Gasteiger partial charge is 0.417 e. The maximum Gasteiger partial charge on any atom is 0.417 e. The lowest BCUT2D eigenvalue weighted by Gasteiger charge is -2.12. The van der Waals surface area contributed by atoms with E-state index < -0.39 is 35.2 Å². The van der Waals surface area contributed by atoms with Crippen LogP contribution in [-0.2, 0) is 15.7 Å². The van der Waals surface area contributed by atoms with Gasteiger partial charge in [-0.2, -0.15) is 13.2 Å². The molecule has 0 aliphatic heterocycles. The predicted molar refractivity (Wildman–Crippen MR) is 88.4 cm³/mol. The number of ether oxygens (including phenoxy) is 2. The minimum absolute atomic E-state index is 0.118. The van der Waals surface area contributed by atoms with Gasteiger partial charge in [-0.15, -0.1) is 0 Å². The second-order valence-corrected chi connectivity index (χ2v) is 5.45. The zero-order valence-electron chi connectivity index (χ0n) is 13.4. The number of hydrogen-bond donors (Lipinski definition) is 1. The third-order valence-corrected chi connectivity index (χ3v) is 3.55. The van der Waals surface area contributed by atoms with Crippen LogP contribution in [0.4, 0.5) is 18.9 Å². The van der Waals surface area contributed by atoms with E-state index in [2.05, 4.69) is 5.32 Å². The Balaban J connectivity index is 1.95. The molecule has 0 bridgehead atoms. The molecular formula is C17H13ClF3NO4. The SMILES string of the molecule is COc1ccc(C(=O)OCC(=O)Nc2ccc(Cl)c(C(F)(F)F)c2)cc1. The quantitative estimate of drug-likeness (QED) is 0.782. The van der Waals surface area contributed by atoms with Gasteiger partial charge in [0.1, 0.15) is 5.75 Å². The van der Waals surface area contributed by atoms with Crippen molar-refractivity contribution in [2.45, 2.75) is 6.18 Å². The molecule has 0 aromatic heterocycles. The number of methoxy groups -OCH3 is 1. The molecule has 0 radical (unpaired) electrons. The summed E-state index contributed by atoms with van der Waals surface area (Å²) in [6.45, 7) is -0.658. The summed E-state index contributed by atoms with van der Waals surface area (Å²) in [7, 11) is 1.47. The van der Waals surface area contributed by atoms with E-state index in [0.717, 1.165) is 6.07 Å². The number of hydrogen-bond acceptors (Lipinski definition) is 4. The Kier molecular flexibility index (Phi) is 6.10. The van der Waals surface area contributed by atoms with Crippen molar-refractivity contribution in [2.24, 2.45) is 0 Å². The summed E-state index contributed by atoms with van der Waals surface area (Å²) in [5.74, 6) is -1.00. The van der Waals surface area contributed by atoms with Gasteiger partial charge in [0, 0.05) is 5.69 Å². The highest BCUT2D eigenvalue weighted by Gasteiger charge is 2.33. The van der Waals surface area contributed by atoms with Crippen LogP contribution < -0.4 is 10.1 Å². The summed E-state index contributed by atoms with van der Waals surface area (Å²) >= 11 is 5.50. The molecule has 0 atom stereocenters. The summed E-state index contributed by atoms with van der Waals surface area (Å²) in [6.07, 6.45) is -4.65. The number of carbonyl (C=O) groups is 2. The number of rotatable bonds is 5. The molecule has 0 fully saturated rings. The molecule has 0 spiro atoms. The summed E-state index contributed by atoms with van der Waals surface area (Å²) in [4.78, 5) is 23.6. The van der Waals surface area contributed by atoms with E-state index in [9.17, 15) is 22.8 Å². The van der Waals surface area contributed by atoms with Crippen molar-refractivity contribution in [3.63, 3.8) is 0 Å². The van der Waals surface area contributed by atoms with Gasteiger partial charge in [-0.25, -0.2) is 4.79 Å². The minimum atomic E-state index is -4.65. The number of esters is 1. The molecule has 2 aromatic rings. The van der Waals surface area contributed by atoms with Crippen LogP contribution in [0.3, 0.4) is 0 Å². The molecule has 0 saturated carbocycles. The normalized spacial score (nSPS) is 11.0. The highest BCUT2D eigenvalue weighted by molar-refractivity contribution is 6.31. The average molecular weight is 388 g/mol. The van der Waals surface area contributed by atoms with Crippen molar-refractivity contribution in [1.82, 2.24) is 0 Å². The highest BCUT2D eigenvalue weighted by atomic mass is 35.5. The number of amides is 1. The first kappa shape index (κ1) is 19.6. The van der Waals surface area contributed by atoms with Crippen molar-refractivity contribution in [3.05, 3.63) is 58.6 Å². The Bertz CT molecular complexity index is 807. The van der Waals surface area contributed by atoms with Gasteiger partial charge in [0.05, 0.1) is 23.3 Å². The van der Waals surface area contributed by atoms with Gasteiger partial charge in [0.25, 0.3) is 5.91 Å². The van der Waals surface area contributed by atoms with Crippen molar-refractivity contribution in [1.29, 1.82) is 0 Å². The monoisotopic (exact) mass is 387 g/mol. The standard InChI is InChI=1S/C17H13ClF3NO4/c1-25-12-5-2-10(3-6-12)16(24)26-9-15(23)22-11-4-7-14(18)13(8-11)17(19,20)21/h2-8H,9H2,1H3,(H,22,23). The first-order valence-electron chi connectivity index (χ1n) is 7.18. The van der Waals surface area contributed by atoms with E-state index in [1.807, 2.05) is 0 Å². The van der Waals surface area contributed by atoms with Crippen LogP contribution in [0.15, 0.2) is 42.5 Å². The third-order valence-electron chi connectivity index (χ3n) is 3.22. The number of halogens is 4. The van der Waals surface area contributed by atoms with Crippen molar-refractivity contribution < 1.29 is 32.2 Å². The van der Waals surface area contributed by atoms with Gasteiger partial charge >= 0.3 is 12.1 Å². The lowest BCUT2D eigenvalue weighted by molar-refractivity contribution is -0.137. The molecule has 0 aliphatic rings. The van der Waals surface area contributed by atoms with Gasteiger partial charge in [-0.3, -0.25) is 4.79 Å². The summed E-state index contributed by atoms with van der Waals surface area (Å²) < 4.78 is 48.1. The molecule has 26 heavy (non-hydrogen) atoms. The fourth-order valence-corrected chi connectivity index (χ4v) is 2.18. The van der Waals surface area contributed by atoms with E-state index >= 15 is 0 Å². The molecule has 0 saturated heterocycles. The van der Waals surface area contributed by atoms with Crippen LogP contribution in [0, 0.1) is 0 Å². The van der Waals surface area contributed by atoms with Gasteiger partial charge in [-0.1, -0.05) is 11.6 Å². The molecule has 2 aromatic carbocycles. The molecule has 0 heterocycles. The molecule has 1 N–H and O–H groups in total. The third kappa shape index (κ3) is 5.13. The Labute approximate surface area is 151 Å². The topological polar surface area (TPSA) is 64.6 Å². The molecule has 1 amide bonds. The zero-order chi connectivity index (χ0) is 19.3. The summed E-state index contributed by atoms with van der Waals surface area (Å²) in [6, 6.07) is 8.92. The molecule has 0 unspecified atom stereocenters. The van der Waals surface area contributed by atoms with Gasteiger partial charge < -0.3 is 14.8 Å². The second kappa shape index (κ2) is 8.09. The van der Waals surface area contributed by atoms with E-state index in [1.165, 1.54) is 25.3 Å². The first-order valence-corrected chi connectivity index (χ1v) is 7.56. The Morgan fingerprint density at radius 2 is 1.77 bits per heavy atom. The summed E-state index contributed by atoms with van der Waals surface area (Å²) in [5, 5.41) is 1.73. The average Bonchev–Trinajstić information content (AvgIpc) is 2.60. The van der Waals surface area contributed by atoms with Crippen LogP contribution in [-0.4, -0.2) is 25.6 Å². The Morgan fingerprint density at radius 3 is 2.35 bits per heavy atom. The Morgan fingerprint density at radius 1 is 1.12 bits per heavy atom. The Hall–Kier alpha value is -2.74. The first-order chi connectivity index (χ1) is 12.2. The highest BCUT2D eigenvalue weighted by Crippen LogP contribution is 2.36. The van der Waals surface area contributed by atoms with E-state index in [4.69, 9.17) is 21.1 Å². The lowest BCUT2D eigenvalue weighted by Crippen LogP contribution is -2.21. The zero-order valence-corrected chi connectivity index (χ0v) is 14.1. The fourth-order valence-electron chi connectivity index (χ4n) is 1.96. The predicted octanol–water partition coefficient (Wildman–Crippen LogP) is 4.16. The van der Waals surface area contributed by atoms with Crippen LogP contribution in [0.2, 0.25) is 5.02 Å². The number of alkyl halides is 3. The van der Waals surface area contributed by atoms with Crippen molar-refractivity contribution in [3.8, 4) is 5.75 Å². The van der Waals surface area contributed by atoms with Crippen molar-refractivity contribution in [2.75, 3.05) is 19.0 Å². The lowest BCUT2D eigenvalue weighted by atomic mass is 10.2. The largest absolute Gasteiger partial charge is 0.497 e.